The highest BCUT2D eigenvalue weighted by atomic mass is 16.5. The fourth-order valence-electron chi connectivity index (χ4n) is 2.81. The summed E-state index contributed by atoms with van der Waals surface area (Å²) >= 11 is 0. The Morgan fingerprint density at radius 3 is 2.91 bits per heavy atom. The first-order chi connectivity index (χ1) is 11.2. The number of methoxy groups -OCH3 is 2. The van der Waals surface area contributed by atoms with Crippen molar-refractivity contribution in [3.8, 4) is 5.75 Å². The van der Waals surface area contributed by atoms with Gasteiger partial charge in [0.25, 0.3) is 5.91 Å². The van der Waals surface area contributed by atoms with Crippen LogP contribution in [-0.4, -0.2) is 62.5 Å². The van der Waals surface area contributed by atoms with Crippen LogP contribution in [0.15, 0.2) is 18.2 Å². The van der Waals surface area contributed by atoms with E-state index in [1.807, 2.05) is 6.07 Å². The Balaban J connectivity index is 2.07. The number of ether oxygens (including phenoxy) is 3. The van der Waals surface area contributed by atoms with Crippen LogP contribution in [0.25, 0.3) is 0 Å². The normalized spacial score (nSPS) is 18.0. The molecule has 1 unspecified atom stereocenters. The number of hydrogen-bond acceptors (Lipinski definition) is 5. The van der Waals surface area contributed by atoms with Crippen LogP contribution in [0, 0.1) is 0 Å². The molecule has 1 atom stereocenters. The molecule has 1 aromatic carbocycles. The average molecular weight is 323 g/mol. The topological polar surface area (TPSA) is 68.2 Å². The highest BCUT2D eigenvalue weighted by Crippen LogP contribution is 2.23. The Morgan fingerprint density at radius 1 is 1.39 bits per heavy atom. The molecule has 0 spiro atoms. The third-order valence-electron chi connectivity index (χ3n) is 3.94. The molecule has 23 heavy (non-hydrogen) atoms. The second kappa shape index (κ2) is 8.86. The monoisotopic (exact) mass is 323 g/mol. The van der Waals surface area contributed by atoms with Crippen molar-refractivity contribution in [1.29, 1.82) is 0 Å². The molecule has 0 radical (unpaired) electrons. The van der Waals surface area contributed by atoms with E-state index in [0.717, 1.165) is 24.9 Å². The molecule has 1 aromatic rings. The average Bonchev–Trinajstić information content (AvgIpc) is 2.60. The standard InChI is InChI=1S/C17H25NO5/c1-21-12-14-6-5-13(10-16(14)22-2)17(20)18-7-3-4-15(11-18)23-9-8-19/h5-6,10,15,19H,3-4,7-9,11-12H2,1-2H3. The second-order valence-electron chi connectivity index (χ2n) is 5.57. The molecule has 1 N–H and O–H groups in total. The van der Waals surface area contributed by atoms with E-state index in [1.54, 1.807) is 31.3 Å². The summed E-state index contributed by atoms with van der Waals surface area (Å²) in [6.45, 7) is 2.04. The van der Waals surface area contributed by atoms with Gasteiger partial charge < -0.3 is 24.2 Å². The Kier molecular flexibility index (Phi) is 6.83. The van der Waals surface area contributed by atoms with Gasteiger partial charge in [-0.3, -0.25) is 4.79 Å². The van der Waals surface area contributed by atoms with Gasteiger partial charge in [0.15, 0.2) is 0 Å². The number of carbonyl (C=O) groups is 1. The van der Waals surface area contributed by atoms with E-state index in [9.17, 15) is 4.79 Å². The van der Waals surface area contributed by atoms with Crippen molar-refractivity contribution in [2.75, 3.05) is 40.5 Å². The summed E-state index contributed by atoms with van der Waals surface area (Å²) in [5, 5.41) is 8.85. The van der Waals surface area contributed by atoms with Crippen LogP contribution in [0.5, 0.6) is 5.75 Å². The maximum atomic E-state index is 12.7. The van der Waals surface area contributed by atoms with Crippen LogP contribution < -0.4 is 4.74 Å². The number of rotatable bonds is 7. The van der Waals surface area contributed by atoms with E-state index in [4.69, 9.17) is 19.3 Å². The van der Waals surface area contributed by atoms with Gasteiger partial charge in [-0.25, -0.2) is 0 Å². The highest BCUT2D eigenvalue weighted by Gasteiger charge is 2.25. The lowest BCUT2D eigenvalue weighted by molar-refractivity contribution is -0.0110. The van der Waals surface area contributed by atoms with E-state index in [2.05, 4.69) is 0 Å². The largest absolute Gasteiger partial charge is 0.496 e. The van der Waals surface area contributed by atoms with Crippen LogP contribution in [0.4, 0.5) is 0 Å². The summed E-state index contributed by atoms with van der Waals surface area (Å²) in [5.74, 6) is 0.632. The highest BCUT2D eigenvalue weighted by molar-refractivity contribution is 5.94. The molecule has 2 rings (SSSR count). The first-order valence-corrected chi connectivity index (χ1v) is 7.87. The fraction of sp³-hybridized carbons (Fsp3) is 0.588. The van der Waals surface area contributed by atoms with Crippen molar-refractivity contribution in [2.45, 2.75) is 25.6 Å². The molecule has 128 valence electrons. The SMILES string of the molecule is COCc1ccc(C(=O)N2CCCC(OCCO)C2)cc1OC. The van der Waals surface area contributed by atoms with Crippen molar-refractivity contribution in [3.63, 3.8) is 0 Å². The Hall–Kier alpha value is -1.63. The van der Waals surface area contributed by atoms with Crippen LogP contribution in [0.2, 0.25) is 0 Å². The number of amides is 1. The van der Waals surface area contributed by atoms with Gasteiger partial charge in [-0.15, -0.1) is 0 Å². The number of piperidine rings is 1. The number of likely N-dealkylation sites (tertiary alicyclic amines) is 1. The van der Waals surface area contributed by atoms with Gasteiger partial charge in [-0.1, -0.05) is 6.07 Å². The first kappa shape index (κ1) is 17.7. The number of hydrogen-bond donors (Lipinski definition) is 1. The van der Waals surface area contributed by atoms with Gasteiger partial charge in [-0.2, -0.15) is 0 Å². The Labute approximate surface area is 136 Å². The number of benzene rings is 1. The molecule has 6 heteroatoms. The predicted molar refractivity (Wildman–Crippen MR) is 85.7 cm³/mol. The molecule has 1 aliphatic heterocycles. The molecule has 1 amide bonds. The van der Waals surface area contributed by atoms with Crippen LogP contribution >= 0.6 is 0 Å². The van der Waals surface area contributed by atoms with Gasteiger partial charge in [0, 0.05) is 31.3 Å². The van der Waals surface area contributed by atoms with Crippen LogP contribution in [0.1, 0.15) is 28.8 Å². The van der Waals surface area contributed by atoms with Crippen molar-refractivity contribution in [2.24, 2.45) is 0 Å². The van der Waals surface area contributed by atoms with E-state index in [-0.39, 0.29) is 18.6 Å². The van der Waals surface area contributed by atoms with Crippen molar-refractivity contribution < 1.29 is 24.1 Å². The third kappa shape index (κ3) is 4.67. The zero-order chi connectivity index (χ0) is 16.7. The summed E-state index contributed by atoms with van der Waals surface area (Å²) in [4.78, 5) is 14.5. The minimum absolute atomic E-state index is 0.00259. The molecule has 6 nitrogen and oxygen atoms in total. The lowest BCUT2D eigenvalue weighted by atomic mass is 10.1. The van der Waals surface area contributed by atoms with E-state index in [0.29, 0.717) is 31.1 Å². The summed E-state index contributed by atoms with van der Waals surface area (Å²) in [7, 11) is 3.21. The zero-order valence-electron chi connectivity index (χ0n) is 13.8. The van der Waals surface area contributed by atoms with Crippen molar-refractivity contribution in [1.82, 2.24) is 4.90 Å². The molecular formula is C17H25NO5. The van der Waals surface area contributed by atoms with Gasteiger partial charge in [0.05, 0.1) is 33.0 Å². The Bertz CT molecular complexity index is 520. The molecule has 1 fully saturated rings. The Morgan fingerprint density at radius 2 is 2.22 bits per heavy atom. The molecule has 1 saturated heterocycles. The number of aliphatic hydroxyl groups excluding tert-OH is 1. The molecule has 0 aromatic heterocycles. The number of nitrogens with zero attached hydrogens (tertiary/aromatic N) is 1. The third-order valence-corrected chi connectivity index (χ3v) is 3.94. The second-order valence-corrected chi connectivity index (χ2v) is 5.57. The number of aliphatic hydroxyl groups is 1. The summed E-state index contributed by atoms with van der Waals surface area (Å²) < 4.78 is 16.0. The molecule has 0 saturated carbocycles. The fourth-order valence-corrected chi connectivity index (χ4v) is 2.81. The van der Waals surface area contributed by atoms with Gasteiger partial charge in [-0.05, 0) is 25.0 Å². The molecular weight excluding hydrogens is 298 g/mol. The van der Waals surface area contributed by atoms with E-state index < -0.39 is 0 Å². The van der Waals surface area contributed by atoms with E-state index >= 15 is 0 Å². The van der Waals surface area contributed by atoms with Crippen LogP contribution in [-0.2, 0) is 16.1 Å². The zero-order valence-corrected chi connectivity index (χ0v) is 13.8. The molecule has 1 heterocycles. The summed E-state index contributed by atoms with van der Waals surface area (Å²) in [5.41, 5.74) is 1.51. The lowest BCUT2D eigenvalue weighted by Gasteiger charge is -2.32. The van der Waals surface area contributed by atoms with E-state index in [1.165, 1.54) is 0 Å². The van der Waals surface area contributed by atoms with Crippen LogP contribution in [0.3, 0.4) is 0 Å². The molecule has 1 aliphatic rings. The maximum Gasteiger partial charge on any atom is 0.254 e. The summed E-state index contributed by atoms with van der Waals surface area (Å²) in [6, 6.07) is 5.42. The predicted octanol–water partition coefficient (Wildman–Crippen LogP) is 1.46. The molecule has 0 aliphatic carbocycles. The van der Waals surface area contributed by atoms with Crippen molar-refractivity contribution in [3.05, 3.63) is 29.3 Å². The smallest absolute Gasteiger partial charge is 0.254 e. The van der Waals surface area contributed by atoms with Gasteiger partial charge in [0.1, 0.15) is 5.75 Å². The quantitative estimate of drug-likeness (QED) is 0.823. The summed E-state index contributed by atoms with van der Waals surface area (Å²) in [6.07, 6.45) is 1.81. The minimum atomic E-state index is -0.0236. The van der Waals surface area contributed by atoms with Gasteiger partial charge in [0.2, 0.25) is 0 Å². The minimum Gasteiger partial charge on any atom is -0.496 e. The molecule has 0 bridgehead atoms. The lowest BCUT2D eigenvalue weighted by Crippen LogP contribution is -2.43. The first-order valence-electron chi connectivity index (χ1n) is 7.87. The maximum absolute atomic E-state index is 12.7. The number of carbonyl (C=O) groups excluding carboxylic acids is 1. The van der Waals surface area contributed by atoms with Gasteiger partial charge >= 0.3 is 0 Å². The van der Waals surface area contributed by atoms with Crippen molar-refractivity contribution >= 4 is 5.91 Å².